The van der Waals surface area contributed by atoms with Gasteiger partial charge in [0, 0.05) is 12.3 Å². The second-order valence-electron chi connectivity index (χ2n) is 3.62. The van der Waals surface area contributed by atoms with Crippen molar-refractivity contribution in [3.63, 3.8) is 0 Å². The van der Waals surface area contributed by atoms with Gasteiger partial charge in [-0.25, -0.2) is 0 Å². The van der Waals surface area contributed by atoms with Crippen LogP contribution >= 0.6 is 0 Å². The molecule has 1 rings (SSSR count). The highest BCUT2D eigenvalue weighted by Crippen LogP contribution is 2.25. The summed E-state index contributed by atoms with van der Waals surface area (Å²) in [4.78, 5) is 22.8. The summed E-state index contributed by atoms with van der Waals surface area (Å²) in [5.74, 6) is 0.150. The number of carbonyl (C=O) groups is 2. The SMILES string of the molecule is CCC(C)C(=O)C1CCCC1=O. The molecule has 1 fully saturated rings. The number of Topliss-reactive ketones (excluding diaryl/α,β-unsaturated/α-hetero) is 2. The fourth-order valence-corrected chi connectivity index (χ4v) is 1.66. The number of carbonyl (C=O) groups excluding carboxylic acids is 2. The van der Waals surface area contributed by atoms with E-state index in [1.807, 2.05) is 13.8 Å². The number of hydrogen-bond donors (Lipinski definition) is 0. The lowest BCUT2D eigenvalue weighted by Gasteiger charge is -2.11. The van der Waals surface area contributed by atoms with Crippen LogP contribution in [0.25, 0.3) is 0 Å². The molecule has 1 aliphatic rings. The van der Waals surface area contributed by atoms with Crippen molar-refractivity contribution in [1.82, 2.24) is 0 Å². The first kappa shape index (κ1) is 9.43. The van der Waals surface area contributed by atoms with Crippen LogP contribution in [0.4, 0.5) is 0 Å². The van der Waals surface area contributed by atoms with E-state index in [2.05, 4.69) is 0 Å². The third kappa shape index (κ3) is 1.74. The van der Waals surface area contributed by atoms with Crippen molar-refractivity contribution in [2.75, 3.05) is 0 Å². The largest absolute Gasteiger partial charge is 0.299 e. The highest BCUT2D eigenvalue weighted by Gasteiger charge is 2.32. The fourth-order valence-electron chi connectivity index (χ4n) is 1.66. The number of rotatable bonds is 3. The van der Waals surface area contributed by atoms with Gasteiger partial charge in [0.1, 0.15) is 11.6 Å². The molecule has 2 heteroatoms. The highest BCUT2D eigenvalue weighted by atomic mass is 16.2. The van der Waals surface area contributed by atoms with Crippen LogP contribution in [0, 0.1) is 11.8 Å². The molecule has 0 amide bonds. The van der Waals surface area contributed by atoms with Crippen molar-refractivity contribution in [2.45, 2.75) is 39.5 Å². The molecule has 2 atom stereocenters. The summed E-state index contributed by atoms with van der Waals surface area (Å²) in [6, 6.07) is 0. The van der Waals surface area contributed by atoms with Gasteiger partial charge in [-0.1, -0.05) is 13.8 Å². The Morgan fingerprint density at radius 3 is 2.75 bits per heavy atom. The Kier molecular flexibility index (Phi) is 3.01. The van der Waals surface area contributed by atoms with Crippen LogP contribution in [0.5, 0.6) is 0 Å². The van der Waals surface area contributed by atoms with E-state index in [-0.39, 0.29) is 23.4 Å². The van der Waals surface area contributed by atoms with Crippen LogP contribution in [0.15, 0.2) is 0 Å². The molecule has 0 N–H and O–H groups in total. The third-order valence-electron chi connectivity index (χ3n) is 2.75. The van der Waals surface area contributed by atoms with E-state index in [4.69, 9.17) is 0 Å². The van der Waals surface area contributed by atoms with E-state index in [0.717, 1.165) is 19.3 Å². The molecule has 0 bridgehead atoms. The minimum Gasteiger partial charge on any atom is -0.299 e. The van der Waals surface area contributed by atoms with Gasteiger partial charge in [0.15, 0.2) is 0 Å². The minimum absolute atomic E-state index is 0.0667. The zero-order valence-electron chi connectivity index (χ0n) is 7.80. The Labute approximate surface area is 73.3 Å². The molecule has 0 radical (unpaired) electrons. The molecule has 2 unspecified atom stereocenters. The molecule has 0 aliphatic heterocycles. The zero-order chi connectivity index (χ0) is 9.14. The predicted molar refractivity (Wildman–Crippen MR) is 46.8 cm³/mol. The first-order valence-corrected chi connectivity index (χ1v) is 4.73. The third-order valence-corrected chi connectivity index (χ3v) is 2.75. The van der Waals surface area contributed by atoms with Gasteiger partial charge < -0.3 is 0 Å². The number of hydrogen-bond acceptors (Lipinski definition) is 2. The van der Waals surface area contributed by atoms with Gasteiger partial charge in [-0.05, 0) is 19.3 Å². The van der Waals surface area contributed by atoms with Crippen molar-refractivity contribution < 1.29 is 9.59 Å². The lowest BCUT2D eigenvalue weighted by atomic mass is 9.91. The van der Waals surface area contributed by atoms with Crippen LogP contribution in [-0.2, 0) is 9.59 Å². The van der Waals surface area contributed by atoms with Crippen LogP contribution < -0.4 is 0 Å². The lowest BCUT2D eigenvalue weighted by molar-refractivity contribution is -0.133. The van der Waals surface area contributed by atoms with E-state index >= 15 is 0 Å². The summed E-state index contributed by atoms with van der Waals surface area (Å²) in [7, 11) is 0. The maximum Gasteiger partial charge on any atom is 0.146 e. The molecule has 1 aliphatic carbocycles. The average Bonchev–Trinajstić information content (AvgIpc) is 2.48. The molecule has 1 saturated carbocycles. The lowest BCUT2D eigenvalue weighted by Crippen LogP contribution is -2.24. The highest BCUT2D eigenvalue weighted by molar-refractivity contribution is 6.04. The van der Waals surface area contributed by atoms with E-state index in [0.29, 0.717) is 6.42 Å². The van der Waals surface area contributed by atoms with Gasteiger partial charge in [-0.15, -0.1) is 0 Å². The molecule has 0 heterocycles. The second-order valence-corrected chi connectivity index (χ2v) is 3.62. The van der Waals surface area contributed by atoms with Gasteiger partial charge in [0.2, 0.25) is 0 Å². The summed E-state index contributed by atoms with van der Waals surface area (Å²) in [6.45, 7) is 3.90. The maximum atomic E-state index is 11.6. The zero-order valence-corrected chi connectivity index (χ0v) is 7.80. The number of ketones is 2. The van der Waals surface area contributed by atoms with Crippen LogP contribution in [0.3, 0.4) is 0 Å². The Bertz CT molecular complexity index is 196. The van der Waals surface area contributed by atoms with Gasteiger partial charge in [-0.2, -0.15) is 0 Å². The van der Waals surface area contributed by atoms with E-state index < -0.39 is 0 Å². The Balaban J connectivity index is 2.57. The molecule has 0 spiro atoms. The summed E-state index contributed by atoms with van der Waals surface area (Å²) >= 11 is 0. The molecule has 0 aromatic rings. The van der Waals surface area contributed by atoms with Gasteiger partial charge in [0.05, 0.1) is 5.92 Å². The Morgan fingerprint density at radius 1 is 1.67 bits per heavy atom. The first-order chi connectivity index (χ1) is 5.66. The molecule has 68 valence electrons. The maximum absolute atomic E-state index is 11.6. The molecular weight excluding hydrogens is 152 g/mol. The summed E-state index contributed by atoms with van der Waals surface area (Å²) in [5.41, 5.74) is 0. The van der Waals surface area contributed by atoms with Crippen LogP contribution in [0.2, 0.25) is 0 Å². The average molecular weight is 168 g/mol. The Hall–Kier alpha value is -0.660. The molecule has 12 heavy (non-hydrogen) atoms. The monoisotopic (exact) mass is 168 g/mol. The molecular formula is C10H16O2. The minimum atomic E-state index is -0.250. The smallest absolute Gasteiger partial charge is 0.146 e. The van der Waals surface area contributed by atoms with Crippen molar-refractivity contribution in [2.24, 2.45) is 11.8 Å². The summed E-state index contributed by atoms with van der Waals surface area (Å²) < 4.78 is 0. The van der Waals surface area contributed by atoms with E-state index in [9.17, 15) is 9.59 Å². The second kappa shape index (κ2) is 3.83. The summed E-state index contributed by atoms with van der Waals surface area (Å²) in [5, 5.41) is 0. The van der Waals surface area contributed by atoms with Crippen molar-refractivity contribution >= 4 is 11.6 Å². The standard InChI is InChI=1S/C10H16O2/c1-3-7(2)10(12)8-5-4-6-9(8)11/h7-8H,3-6H2,1-2H3. The molecule has 0 aromatic carbocycles. The molecule has 0 saturated heterocycles. The van der Waals surface area contributed by atoms with Crippen LogP contribution in [0.1, 0.15) is 39.5 Å². The van der Waals surface area contributed by atoms with Gasteiger partial charge in [0.25, 0.3) is 0 Å². The quantitative estimate of drug-likeness (QED) is 0.604. The van der Waals surface area contributed by atoms with Crippen molar-refractivity contribution in [3.8, 4) is 0 Å². The topological polar surface area (TPSA) is 34.1 Å². The van der Waals surface area contributed by atoms with Crippen LogP contribution in [-0.4, -0.2) is 11.6 Å². The first-order valence-electron chi connectivity index (χ1n) is 4.73. The van der Waals surface area contributed by atoms with Crippen molar-refractivity contribution in [3.05, 3.63) is 0 Å². The fraction of sp³-hybridized carbons (Fsp3) is 0.800. The molecule has 2 nitrogen and oxygen atoms in total. The van der Waals surface area contributed by atoms with Gasteiger partial charge in [-0.3, -0.25) is 9.59 Å². The predicted octanol–water partition coefficient (Wildman–Crippen LogP) is 1.97. The summed E-state index contributed by atoms with van der Waals surface area (Å²) in [6.07, 6.45) is 3.17. The van der Waals surface area contributed by atoms with E-state index in [1.165, 1.54) is 0 Å². The Morgan fingerprint density at radius 2 is 2.33 bits per heavy atom. The van der Waals surface area contributed by atoms with E-state index in [1.54, 1.807) is 0 Å². The normalized spacial score (nSPS) is 25.8. The van der Waals surface area contributed by atoms with Gasteiger partial charge >= 0.3 is 0 Å². The molecule has 0 aromatic heterocycles. The van der Waals surface area contributed by atoms with Crippen molar-refractivity contribution in [1.29, 1.82) is 0 Å².